The van der Waals surface area contributed by atoms with E-state index in [-0.39, 0.29) is 13.0 Å². The van der Waals surface area contributed by atoms with Crippen molar-refractivity contribution in [1.29, 1.82) is 0 Å². The highest BCUT2D eigenvalue weighted by Crippen LogP contribution is 2.28. The lowest BCUT2D eigenvalue weighted by Crippen LogP contribution is -2.13. The van der Waals surface area contributed by atoms with Crippen molar-refractivity contribution < 1.29 is 28.7 Å². The van der Waals surface area contributed by atoms with Gasteiger partial charge in [0.2, 0.25) is 0 Å². The monoisotopic (exact) mass is 500 g/mol. The Kier molecular flexibility index (Phi) is 8.54. The van der Waals surface area contributed by atoms with Crippen LogP contribution in [0.5, 0.6) is 11.5 Å². The molecule has 0 spiro atoms. The zero-order valence-corrected chi connectivity index (χ0v) is 20.7. The van der Waals surface area contributed by atoms with Crippen molar-refractivity contribution in [1.82, 2.24) is 5.16 Å². The van der Waals surface area contributed by atoms with E-state index in [1.54, 1.807) is 6.07 Å². The van der Waals surface area contributed by atoms with E-state index < -0.39 is 11.9 Å². The number of carbonyl (C=O) groups is 1. The number of hydrogen-bond acceptors (Lipinski definition) is 7. The molecule has 0 fully saturated rings. The fraction of sp³-hybridized carbons (Fsp3) is 0.207. The summed E-state index contributed by atoms with van der Waals surface area (Å²) >= 11 is 0. The van der Waals surface area contributed by atoms with Gasteiger partial charge < -0.3 is 23.9 Å². The van der Waals surface area contributed by atoms with Crippen molar-refractivity contribution in [3.63, 3.8) is 0 Å². The van der Waals surface area contributed by atoms with Crippen LogP contribution in [0.4, 0.5) is 0 Å². The first-order valence-corrected chi connectivity index (χ1v) is 11.8. The fourth-order valence-electron chi connectivity index (χ4n) is 3.86. The summed E-state index contributed by atoms with van der Waals surface area (Å²) < 4.78 is 16.7. The summed E-state index contributed by atoms with van der Waals surface area (Å²) in [6, 6.07) is 24.7. The Morgan fingerprint density at radius 3 is 2.38 bits per heavy atom. The lowest BCUT2D eigenvalue weighted by atomic mass is 9.92. The van der Waals surface area contributed by atoms with Gasteiger partial charge in [0, 0.05) is 17.5 Å². The van der Waals surface area contributed by atoms with Gasteiger partial charge in [-0.3, -0.25) is 4.79 Å². The Morgan fingerprint density at radius 2 is 1.73 bits per heavy atom. The Morgan fingerprint density at radius 1 is 1.00 bits per heavy atom. The molecule has 1 heterocycles. The van der Waals surface area contributed by atoms with E-state index in [9.17, 15) is 9.90 Å². The maximum absolute atomic E-state index is 11.3. The molecule has 0 saturated carbocycles. The van der Waals surface area contributed by atoms with Crippen LogP contribution in [-0.4, -0.2) is 35.7 Å². The number of aryl methyl sites for hydroxylation is 1. The van der Waals surface area contributed by atoms with E-state index in [1.165, 1.54) is 13.4 Å². The molecule has 1 N–H and O–H groups in total. The highest BCUT2D eigenvalue weighted by Gasteiger charge is 2.20. The van der Waals surface area contributed by atoms with Gasteiger partial charge in [0.25, 0.3) is 0 Å². The normalized spacial score (nSPS) is 12.1. The van der Waals surface area contributed by atoms with Crippen LogP contribution >= 0.6 is 0 Å². The van der Waals surface area contributed by atoms with Gasteiger partial charge in [0.15, 0.2) is 0 Å². The summed E-state index contributed by atoms with van der Waals surface area (Å²) in [6.45, 7) is 2.68. The summed E-state index contributed by atoms with van der Waals surface area (Å²) in [5.74, 6) is 0.0927. The van der Waals surface area contributed by atoms with E-state index in [4.69, 9.17) is 18.8 Å². The first-order chi connectivity index (χ1) is 18.0. The number of benzene rings is 3. The highest BCUT2D eigenvalue weighted by atomic mass is 16.6. The third-order valence-corrected chi connectivity index (χ3v) is 5.73. The zero-order chi connectivity index (χ0) is 26.0. The van der Waals surface area contributed by atoms with Gasteiger partial charge in [-0.05, 0) is 48.4 Å². The van der Waals surface area contributed by atoms with Gasteiger partial charge in [-0.25, -0.2) is 0 Å². The van der Waals surface area contributed by atoms with Gasteiger partial charge in [-0.2, -0.15) is 0 Å². The summed E-state index contributed by atoms with van der Waals surface area (Å²) in [7, 11) is 1.52. The number of oxime groups is 1. The Bertz CT molecular complexity index is 1320. The minimum atomic E-state index is -0.905. The molecule has 0 aliphatic rings. The molecule has 8 nitrogen and oxygen atoms in total. The van der Waals surface area contributed by atoms with Crippen molar-refractivity contribution in [2.45, 2.75) is 25.9 Å². The van der Waals surface area contributed by atoms with Crippen LogP contribution in [0.15, 0.2) is 94.8 Å². The maximum Gasteiger partial charge on any atom is 0.304 e. The quantitative estimate of drug-likeness (QED) is 0.200. The first kappa shape index (κ1) is 25.5. The topological polar surface area (TPSA) is 103 Å². The number of aromatic nitrogens is 1. The largest absolute Gasteiger partial charge is 0.489 e. The van der Waals surface area contributed by atoms with Gasteiger partial charge >= 0.3 is 5.97 Å². The number of hydrogen-bond donors (Lipinski definition) is 1. The molecule has 1 unspecified atom stereocenters. The molecule has 4 rings (SSSR count). The molecular formula is C29H28N2O6. The SMILES string of the molecule is CO/N=C(/COc1ccc(COc2ccc(C(CC(=O)O)c3ccon3)cc2)cc1)c1cccc(C)c1. The number of aliphatic carboxylic acids is 1. The predicted octanol–water partition coefficient (Wildman–Crippen LogP) is 5.60. The second kappa shape index (κ2) is 12.4. The lowest BCUT2D eigenvalue weighted by molar-refractivity contribution is -0.137. The molecule has 0 bridgehead atoms. The molecule has 8 heteroatoms. The second-order valence-corrected chi connectivity index (χ2v) is 8.46. The molecule has 1 aromatic heterocycles. The molecule has 0 radical (unpaired) electrons. The predicted molar refractivity (Wildman–Crippen MR) is 138 cm³/mol. The molecule has 0 saturated heterocycles. The van der Waals surface area contributed by atoms with Crippen LogP contribution in [0.25, 0.3) is 0 Å². The minimum absolute atomic E-state index is 0.0784. The Balaban J connectivity index is 1.32. The van der Waals surface area contributed by atoms with Crippen molar-refractivity contribution >= 4 is 11.7 Å². The van der Waals surface area contributed by atoms with Crippen LogP contribution < -0.4 is 9.47 Å². The summed E-state index contributed by atoms with van der Waals surface area (Å²) in [4.78, 5) is 16.3. The fourth-order valence-corrected chi connectivity index (χ4v) is 3.86. The standard InChI is InChI=1S/C29H28N2O6/c1-20-4-3-5-23(16-20)28(30-34-2)19-36-24-10-6-21(7-11-24)18-35-25-12-8-22(9-13-25)26(17-29(32)33)27-14-15-37-31-27/h3-16,26H,17-19H2,1-2H3,(H,32,33)/b30-28-. The molecule has 0 aliphatic heterocycles. The van der Waals surface area contributed by atoms with E-state index in [1.807, 2.05) is 79.7 Å². The summed E-state index contributed by atoms with van der Waals surface area (Å²) in [5, 5.41) is 17.3. The van der Waals surface area contributed by atoms with E-state index in [0.29, 0.717) is 29.5 Å². The van der Waals surface area contributed by atoms with Crippen molar-refractivity contribution in [3.05, 3.63) is 113 Å². The van der Waals surface area contributed by atoms with Crippen LogP contribution in [0, 0.1) is 6.92 Å². The van der Waals surface area contributed by atoms with E-state index >= 15 is 0 Å². The van der Waals surface area contributed by atoms with Gasteiger partial charge in [-0.15, -0.1) is 0 Å². The number of ether oxygens (including phenoxy) is 2. The zero-order valence-electron chi connectivity index (χ0n) is 20.7. The van der Waals surface area contributed by atoms with Crippen molar-refractivity contribution in [2.24, 2.45) is 5.16 Å². The molecule has 0 amide bonds. The third kappa shape index (κ3) is 7.20. The maximum atomic E-state index is 11.3. The molecule has 3 aromatic carbocycles. The Hall–Kier alpha value is -4.59. The smallest absolute Gasteiger partial charge is 0.304 e. The molecule has 37 heavy (non-hydrogen) atoms. The first-order valence-electron chi connectivity index (χ1n) is 11.8. The van der Waals surface area contributed by atoms with Crippen LogP contribution in [0.2, 0.25) is 0 Å². The Labute approximate surface area is 215 Å². The van der Waals surface area contributed by atoms with Crippen LogP contribution in [0.1, 0.15) is 40.3 Å². The summed E-state index contributed by atoms with van der Waals surface area (Å²) in [6.07, 6.45) is 1.36. The van der Waals surface area contributed by atoms with E-state index in [0.717, 1.165) is 22.3 Å². The van der Waals surface area contributed by atoms with Crippen molar-refractivity contribution in [2.75, 3.05) is 13.7 Å². The second-order valence-electron chi connectivity index (χ2n) is 8.46. The van der Waals surface area contributed by atoms with Gasteiger partial charge in [0.05, 0.1) is 12.1 Å². The van der Waals surface area contributed by atoms with Crippen molar-refractivity contribution in [3.8, 4) is 11.5 Å². The highest BCUT2D eigenvalue weighted by molar-refractivity contribution is 6.01. The number of carboxylic acid groups (broad SMARTS) is 1. The average Bonchev–Trinajstić information content (AvgIpc) is 3.44. The number of nitrogens with zero attached hydrogens (tertiary/aromatic N) is 2. The van der Waals surface area contributed by atoms with E-state index in [2.05, 4.69) is 10.3 Å². The average molecular weight is 501 g/mol. The molecule has 1 atom stereocenters. The minimum Gasteiger partial charge on any atom is -0.489 e. The van der Waals surface area contributed by atoms with Gasteiger partial charge in [0.1, 0.15) is 43.8 Å². The molecule has 190 valence electrons. The lowest BCUT2D eigenvalue weighted by Gasteiger charge is -2.13. The number of carboxylic acids is 1. The molecule has 0 aliphatic carbocycles. The third-order valence-electron chi connectivity index (χ3n) is 5.73. The molecule has 4 aromatic rings. The van der Waals surface area contributed by atoms with Crippen LogP contribution in [-0.2, 0) is 16.2 Å². The summed E-state index contributed by atoms with van der Waals surface area (Å²) in [5.41, 5.74) is 5.18. The van der Waals surface area contributed by atoms with Crippen LogP contribution in [0.3, 0.4) is 0 Å². The van der Waals surface area contributed by atoms with Gasteiger partial charge in [-0.1, -0.05) is 58.3 Å². The number of rotatable bonds is 12. The molecular weight excluding hydrogens is 472 g/mol.